The lowest BCUT2D eigenvalue weighted by molar-refractivity contribution is 0.117. The van der Waals surface area contributed by atoms with Gasteiger partial charge in [-0.1, -0.05) is 31.4 Å². The van der Waals surface area contributed by atoms with Crippen LogP contribution in [0.25, 0.3) is 0 Å². The van der Waals surface area contributed by atoms with E-state index in [1.165, 1.54) is 0 Å². The van der Waals surface area contributed by atoms with E-state index >= 15 is 0 Å². The van der Waals surface area contributed by atoms with Crippen LogP contribution >= 0.6 is 11.6 Å². The molecule has 12 heavy (non-hydrogen) atoms. The molecule has 72 valence electrons. The van der Waals surface area contributed by atoms with E-state index in [1.807, 2.05) is 0 Å². The number of carbonyl (C=O) groups excluding carboxylic acids is 1. The smallest absolute Gasteiger partial charge is 0.425 e. The Morgan fingerprint density at radius 2 is 2.25 bits per heavy atom. The summed E-state index contributed by atoms with van der Waals surface area (Å²) < 4.78 is 4.46. The first-order valence-corrected chi connectivity index (χ1v) is 4.50. The number of hydrazine groups is 1. The fourth-order valence-corrected chi connectivity index (χ4v) is 0.846. The predicted molar refractivity (Wildman–Crippen MR) is 47.6 cm³/mol. The van der Waals surface area contributed by atoms with Crippen LogP contribution in [0.4, 0.5) is 4.79 Å². The lowest BCUT2D eigenvalue weighted by Crippen LogP contribution is -2.38. The van der Waals surface area contributed by atoms with Crippen LogP contribution in [0.3, 0.4) is 0 Å². The summed E-state index contributed by atoms with van der Waals surface area (Å²) in [5, 5.41) is 1.04. The maximum atomic E-state index is 10.8. The van der Waals surface area contributed by atoms with Gasteiger partial charge in [0.1, 0.15) is 0 Å². The zero-order valence-corrected chi connectivity index (χ0v) is 8.01. The first-order chi connectivity index (χ1) is 5.72. The minimum absolute atomic E-state index is 0.152. The second-order valence-electron chi connectivity index (χ2n) is 2.42. The molecule has 0 unspecified atom stereocenters. The number of alkyl halides is 1. The van der Waals surface area contributed by atoms with E-state index in [9.17, 15) is 4.79 Å². The standard InChI is InChI=1S/C7H15ClN2O2/c1-2-3-4-5-10(9)7(11)12-6-8/h2-6,9H2,1H3. The van der Waals surface area contributed by atoms with Crippen molar-refractivity contribution >= 4 is 17.7 Å². The number of ether oxygens (including phenoxy) is 1. The van der Waals surface area contributed by atoms with Crippen molar-refractivity contribution in [1.29, 1.82) is 0 Å². The quantitative estimate of drug-likeness (QED) is 0.238. The van der Waals surface area contributed by atoms with Gasteiger partial charge >= 0.3 is 6.09 Å². The normalized spacial score (nSPS) is 9.58. The third-order valence-corrected chi connectivity index (χ3v) is 1.52. The predicted octanol–water partition coefficient (Wildman–Crippen LogP) is 1.69. The van der Waals surface area contributed by atoms with E-state index in [0.717, 1.165) is 24.3 Å². The highest BCUT2D eigenvalue weighted by Gasteiger charge is 2.08. The Bertz CT molecular complexity index is 133. The number of hydrogen-bond acceptors (Lipinski definition) is 3. The van der Waals surface area contributed by atoms with Crippen LogP contribution in [0.5, 0.6) is 0 Å². The highest BCUT2D eigenvalue weighted by atomic mass is 35.5. The van der Waals surface area contributed by atoms with Gasteiger partial charge < -0.3 is 4.74 Å². The minimum Gasteiger partial charge on any atom is -0.432 e. The van der Waals surface area contributed by atoms with Crippen molar-refractivity contribution in [2.75, 3.05) is 12.6 Å². The monoisotopic (exact) mass is 194 g/mol. The molecule has 5 heteroatoms. The molecule has 0 aliphatic heterocycles. The SMILES string of the molecule is CCCCCN(N)C(=O)OCCl. The number of amides is 1. The molecule has 0 aromatic rings. The third kappa shape index (κ3) is 5.21. The maximum absolute atomic E-state index is 10.8. The van der Waals surface area contributed by atoms with Gasteiger partial charge in [0.2, 0.25) is 0 Å². The molecule has 0 radical (unpaired) electrons. The Morgan fingerprint density at radius 3 is 2.75 bits per heavy atom. The highest BCUT2D eigenvalue weighted by molar-refractivity contribution is 6.17. The van der Waals surface area contributed by atoms with Gasteiger partial charge in [0.05, 0.1) is 0 Å². The van der Waals surface area contributed by atoms with Gasteiger partial charge in [0.25, 0.3) is 0 Å². The van der Waals surface area contributed by atoms with Crippen LogP contribution in [-0.4, -0.2) is 23.7 Å². The van der Waals surface area contributed by atoms with Crippen LogP contribution in [-0.2, 0) is 4.74 Å². The molecule has 0 aromatic heterocycles. The number of hydrogen-bond donors (Lipinski definition) is 1. The number of nitrogens with two attached hydrogens (primary N) is 1. The van der Waals surface area contributed by atoms with Crippen molar-refractivity contribution in [1.82, 2.24) is 5.01 Å². The number of unbranched alkanes of at least 4 members (excludes halogenated alkanes) is 2. The van der Waals surface area contributed by atoms with Crippen molar-refractivity contribution in [3.63, 3.8) is 0 Å². The van der Waals surface area contributed by atoms with Gasteiger partial charge in [-0.3, -0.25) is 0 Å². The summed E-state index contributed by atoms with van der Waals surface area (Å²) in [6.45, 7) is 2.60. The summed E-state index contributed by atoms with van der Waals surface area (Å²) in [5.74, 6) is 5.34. The summed E-state index contributed by atoms with van der Waals surface area (Å²) in [5.41, 5.74) is 0. The molecule has 2 N–H and O–H groups in total. The first-order valence-electron chi connectivity index (χ1n) is 3.97. The zero-order valence-electron chi connectivity index (χ0n) is 7.25. The highest BCUT2D eigenvalue weighted by Crippen LogP contribution is 1.96. The molecule has 0 saturated carbocycles. The minimum atomic E-state index is -0.568. The molecule has 0 aliphatic carbocycles. The summed E-state index contributed by atoms with van der Waals surface area (Å²) in [6.07, 6.45) is 2.48. The third-order valence-electron chi connectivity index (χ3n) is 1.42. The van der Waals surface area contributed by atoms with Gasteiger partial charge in [-0.05, 0) is 6.42 Å². The Kier molecular flexibility index (Phi) is 6.90. The molecule has 0 heterocycles. The number of halogens is 1. The number of rotatable bonds is 5. The topological polar surface area (TPSA) is 55.6 Å². The molecule has 0 rings (SSSR count). The van der Waals surface area contributed by atoms with E-state index in [0.29, 0.717) is 6.54 Å². The van der Waals surface area contributed by atoms with Crippen LogP contribution in [0.15, 0.2) is 0 Å². The maximum Gasteiger partial charge on any atom is 0.425 e. The Hall–Kier alpha value is -0.480. The summed E-state index contributed by atoms with van der Waals surface area (Å²) in [4.78, 5) is 10.8. The summed E-state index contributed by atoms with van der Waals surface area (Å²) >= 11 is 5.18. The summed E-state index contributed by atoms with van der Waals surface area (Å²) in [6, 6.07) is -0.152. The number of carbonyl (C=O) groups is 1. The average Bonchev–Trinajstić information content (AvgIpc) is 2.05. The Morgan fingerprint density at radius 1 is 1.58 bits per heavy atom. The van der Waals surface area contributed by atoms with Crippen molar-refractivity contribution in [3.8, 4) is 0 Å². The van der Waals surface area contributed by atoms with Crippen molar-refractivity contribution in [2.24, 2.45) is 5.84 Å². The molecule has 0 atom stereocenters. The lowest BCUT2D eigenvalue weighted by atomic mass is 10.2. The average molecular weight is 195 g/mol. The van der Waals surface area contributed by atoms with Gasteiger partial charge in [0, 0.05) is 6.54 Å². The lowest BCUT2D eigenvalue weighted by Gasteiger charge is -2.14. The van der Waals surface area contributed by atoms with E-state index in [4.69, 9.17) is 17.4 Å². The van der Waals surface area contributed by atoms with Crippen LogP contribution < -0.4 is 5.84 Å². The molecular weight excluding hydrogens is 180 g/mol. The zero-order chi connectivity index (χ0) is 9.40. The fourth-order valence-electron chi connectivity index (χ4n) is 0.753. The van der Waals surface area contributed by atoms with Crippen molar-refractivity contribution < 1.29 is 9.53 Å². The van der Waals surface area contributed by atoms with Crippen molar-refractivity contribution in [3.05, 3.63) is 0 Å². The molecule has 0 bridgehead atoms. The van der Waals surface area contributed by atoms with Gasteiger partial charge in [0.15, 0.2) is 6.07 Å². The Balaban J connectivity index is 3.42. The molecule has 0 aliphatic rings. The van der Waals surface area contributed by atoms with Crippen LogP contribution in [0, 0.1) is 0 Å². The van der Waals surface area contributed by atoms with Gasteiger partial charge in [-0.25, -0.2) is 15.6 Å². The molecule has 0 saturated heterocycles. The fraction of sp³-hybridized carbons (Fsp3) is 0.857. The molecule has 0 fully saturated rings. The van der Waals surface area contributed by atoms with E-state index < -0.39 is 6.09 Å². The van der Waals surface area contributed by atoms with Gasteiger partial charge in [-0.15, -0.1) is 0 Å². The van der Waals surface area contributed by atoms with E-state index in [-0.39, 0.29) is 6.07 Å². The molecular formula is C7H15ClN2O2. The second kappa shape index (κ2) is 7.18. The first kappa shape index (κ1) is 11.5. The van der Waals surface area contributed by atoms with E-state index in [2.05, 4.69) is 11.7 Å². The second-order valence-corrected chi connectivity index (χ2v) is 2.64. The van der Waals surface area contributed by atoms with Crippen LogP contribution in [0.2, 0.25) is 0 Å². The number of nitrogens with zero attached hydrogens (tertiary/aromatic N) is 1. The molecule has 0 aromatic carbocycles. The summed E-state index contributed by atoms with van der Waals surface area (Å²) in [7, 11) is 0. The largest absolute Gasteiger partial charge is 0.432 e. The molecule has 0 spiro atoms. The van der Waals surface area contributed by atoms with E-state index in [1.54, 1.807) is 0 Å². The molecule has 4 nitrogen and oxygen atoms in total. The Labute approximate surface area is 77.6 Å². The van der Waals surface area contributed by atoms with Crippen molar-refractivity contribution in [2.45, 2.75) is 26.2 Å². The molecule has 1 amide bonds. The van der Waals surface area contributed by atoms with Crippen LogP contribution in [0.1, 0.15) is 26.2 Å². The van der Waals surface area contributed by atoms with Gasteiger partial charge in [-0.2, -0.15) is 0 Å².